The molecule has 2 aromatic carbocycles. The van der Waals surface area contributed by atoms with Crippen LogP contribution in [0, 0.1) is 12.8 Å². The number of carbonyl (C=O) groups is 2. The Morgan fingerprint density at radius 1 is 1.11 bits per heavy atom. The number of morpholine rings is 1. The maximum atomic E-state index is 13.4. The Kier molecular flexibility index (Phi) is 8.58. The van der Waals surface area contributed by atoms with Gasteiger partial charge in [0.15, 0.2) is 11.5 Å². The minimum atomic E-state index is -0.846. The molecule has 2 heterocycles. The average molecular weight is 525 g/mol. The van der Waals surface area contributed by atoms with Gasteiger partial charge in [-0.2, -0.15) is 0 Å². The molecule has 204 valence electrons. The zero-order valence-corrected chi connectivity index (χ0v) is 22.4. The van der Waals surface area contributed by atoms with E-state index in [1.807, 2.05) is 13.0 Å². The molecule has 9 nitrogen and oxygen atoms in total. The predicted octanol–water partition coefficient (Wildman–Crippen LogP) is 3.50. The largest absolute Gasteiger partial charge is 0.507 e. The molecule has 38 heavy (non-hydrogen) atoms. The van der Waals surface area contributed by atoms with Gasteiger partial charge in [0.2, 0.25) is 0 Å². The monoisotopic (exact) mass is 524 g/mol. The SMILES string of the molecule is COc1cc([C@H]2C(=C(O)c3ccc(OCC(C)C)cc3C)C(=O)C(=O)N2CCN2CCOCC2)ccc1O. The fraction of sp³-hybridized carbons (Fsp3) is 0.448. The highest BCUT2D eigenvalue weighted by Gasteiger charge is 2.46. The third kappa shape index (κ3) is 5.79. The number of methoxy groups -OCH3 is 1. The lowest BCUT2D eigenvalue weighted by molar-refractivity contribution is -0.140. The molecule has 2 N–H and O–H groups in total. The van der Waals surface area contributed by atoms with Crippen LogP contribution in [0.2, 0.25) is 0 Å². The van der Waals surface area contributed by atoms with Gasteiger partial charge in [0.25, 0.3) is 11.7 Å². The van der Waals surface area contributed by atoms with Crippen molar-refractivity contribution in [3.63, 3.8) is 0 Å². The molecule has 2 aliphatic rings. The van der Waals surface area contributed by atoms with Crippen molar-refractivity contribution in [2.45, 2.75) is 26.8 Å². The van der Waals surface area contributed by atoms with Crippen LogP contribution in [0.15, 0.2) is 42.0 Å². The number of rotatable bonds is 9. The van der Waals surface area contributed by atoms with Crippen LogP contribution in [0.1, 0.15) is 36.6 Å². The number of ketones is 1. The van der Waals surface area contributed by atoms with E-state index >= 15 is 0 Å². The van der Waals surface area contributed by atoms with Crippen LogP contribution in [0.3, 0.4) is 0 Å². The van der Waals surface area contributed by atoms with Gasteiger partial charge in [-0.15, -0.1) is 0 Å². The molecular weight excluding hydrogens is 488 g/mol. The molecule has 1 atom stereocenters. The van der Waals surface area contributed by atoms with Gasteiger partial charge in [0.05, 0.1) is 38.5 Å². The quantitative estimate of drug-likeness (QED) is 0.292. The summed E-state index contributed by atoms with van der Waals surface area (Å²) in [7, 11) is 1.43. The zero-order valence-electron chi connectivity index (χ0n) is 22.4. The Hall–Kier alpha value is -3.56. The van der Waals surface area contributed by atoms with E-state index in [-0.39, 0.29) is 29.4 Å². The molecule has 0 aromatic heterocycles. The van der Waals surface area contributed by atoms with E-state index < -0.39 is 17.7 Å². The van der Waals surface area contributed by atoms with E-state index in [1.165, 1.54) is 18.1 Å². The molecule has 2 saturated heterocycles. The van der Waals surface area contributed by atoms with Gasteiger partial charge < -0.3 is 29.3 Å². The molecule has 1 amide bonds. The predicted molar refractivity (Wildman–Crippen MR) is 142 cm³/mol. The molecule has 2 aliphatic heterocycles. The van der Waals surface area contributed by atoms with Gasteiger partial charge in [0.1, 0.15) is 11.5 Å². The number of ether oxygens (including phenoxy) is 3. The number of carbonyl (C=O) groups excluding carboxylic acids is 2. The number of nitrogens with zero attached hydrogens (tertiary/aromatic N) is 2. The first-order chi connectivity index (χ1) is 18.2. The summed E-state index contributed by atoms with van der Waals surface area (Å²) < 4.78 is 16.5. The highest BCUT2D eigenvalue weighted by atomic mass is 16.5. The van der Waals surface area contributed by atoms with Gasteiger partial charge >= 0.3 is 0 Å². The number of aliphatic hydroxyl groups is 1. The Balaban J connectivity index is 1.75. The summed E-state index contributed by atoms with van der Waals surface area (Å²) in [4.78, 5) is 30.4. The second-order valence-corrected chi connectivity index (χ2v) is 10.1. The number of benzene rings is 2. The number of aliphatic hydroxyl groups excluding tert-OH is 1. The first kappa shape index (κ1) is 27.5. The summed E-state index contributed by atoms with van der Waals surface area (Å²) in [5.41, 5.74) is 1.72. The average Bonchev–Trinajstić information content (AvgIpc) is 3.16. The van der Waals surface area contributed by atoms with Crippen molar-refractivity contribution >= 4 is 17.4 Å². The second kappa shape index (κ2) is 11.9. The lowest BCUT2D eigenvalue weighted by Gasteiger charge is -2.31. The number of aromatic hydroxyl groups is 1. The molecule has 0 bridgehead atoms. The van der Waals surface area contributed by atoms with Gasteiger partial charge in [-0.25, -0.2) is 0 Å². The maximum absolute atomic E-state index is 13.4. The number of Topliss-reactive ketones (excluding diaryl/α,β-unsaturated/α-hetero) is 1. The molecular formula is C29H36N2O7. The summed E-state index contributed by atoms with van der Waals surface area (Å²) in [6.45, 7) is 10.1. The summed E-state index contributed by atoms with van der Waals surface area (Å²) in [5.74, 6) is -0.495. The lowest BCUT2D eigenvalue weighted by Crippen LogP contribution is -2.42. The molecule has 0 saturated carbocycles. The van der Waals surface area contributed by atoms with Crippen molar-refractivity contribution in [2.24, 2.45) is 5.92 Å². The van der Waals surface area contributed by atoms with Crippen molar-refractivity contribution in [3.8, 4) is 17.2 Å². The molecule has 0 spiro atoms. The normalized spacial score (nSPS) is 19.8. The molecule has 2 aromatic rings. The van der Waals surface area contributed by atoms with Crippen LogP contribution >= 0.6 is 0 Å². The Labute approximate surface area is 223 Å². The van der Waals surface area contributed by atoms with E-state index in [2.05, 4.69) is 18.7 Å². The van der Waals surface area contributed by atoms with Crippen molar-refractivity contribution < 1.29 is 34.0 Å². The highest BCUT2D eigenvalue weighted by molar-refractivity contribution is 6.46. The minimum Gasteiger partial charge on any atom is -0.507 e. The molecule has 4 rings (SSSR count). The number of likely N-dealkylation sites (tertiary alicyclic amines) is 1. The topological polar surface area (TPSA) is 109 Å². The summed E-state index contributed by atoms with van der Waals surface area (Å²) in [6, 6.07) is 9.11. The highest BCUT2D eigenvalue weighted by Crippen LogP contribution is 2.42. The van der Waals surface area contributed by atoms with Crippen LogP contribution in [0.25, 0.3) is 5.76 Å². The maximum Gasteiger partial charge on any atom is 0.295 e. The van der Waals surface area contributed by atoms with E-state index in [4.69, 9.17) is 14.2 Å². The van der Waals surface area contributed by atoms with Crippen LogP contribution in [-0.2, 0) is 14.3 Å². The van der Waals surface area contributed by atoms with Gasteiger partial charge in [-0.1, -0.05) is 19.9 Å². The first-order valence-electron chi connectivity index (χ1n) is 12.9. The molecule has 0 radical (unpaired) electrons. The third-order valence-corrected chi connectivity index (χ3v) is 6.86. The number of hydrogen-bond acceptors (Lipinski definition) is 8. The Morgan fingerprint density at radius 2 is 1.84 bits per heavy atom. The van der Waals surface area contributed by atoms with Crippen LogP contribution in [0.5, 0.6) is 17.2 Å². The minimum absolute atomic E-state index is 0.00340. The van der Waals surface area contributed by atoms with E-state index in [9.17, 15) is 19.8 Å². The van der Waals surface area contributed by atoms with Crippen molar-refractivity contribution in [1.82, 2.24) is 9.80 Å². The van der Waals surface area contributed by atoms with Gasteiger partial charge in [-0.05, 0) is 54.3 Å². The van der Waals surface area contributed by atoms with E-state index in [0.717, 1.165) is 13.1 Å². The van der Waals surface area contributed by atoms with Crippen molar-refractivity contribution in [3.05, 3.63) is 58.7 Å². The summed E-state index contributed by atoms with van der Waals surface area (Å²) >= 11 is 0. The van der Waals surface area contributed by atoms with Crippen LogP contribution in [0.4, 0.5) is 0 Å². The van der Waals surface area contributed by atoms with E-state index in [0.29, 0.717) is 54.7 Å². The number of phenols is 1. The van der Waals surface area contributed by atoms with Crippen molar-refractivity contribution in [2.75, 3.05) is 53.1 Å². The standard InChI is InChI=1S/C29H36N2O7/c1-18(2)17-38-21-6-7-22(19(3)15-21)27(33)25-26(20-5-8-23(32)24(16-20)36-4)31(29(35)28(25)34)10-9-30-11-13-37-14-12-30/h5-8,15-16,18,26,32-33H,9-14,17H2,1-4H3/t26-/m0/s1. The third-order valence-electron chi connectivity index (χ3n) is 6.86. The first-order valence-corrected chi connectivity index (χ1v) is 12.9. The van der Waals surface area contributed by atoms with Gasteiger partial charge in [0, 0.05) is 31.7 Å². The number of amides is 1. The Bertz CT molecular complexity index is 1220. The Morgan fingerprint density at radius 3 is 2.50 bits per heavy atom. The summed E-state index contributed by atoms with van der Waals surface area (Å²) in [6.07, 6.45) is 0. The number of hydrogen-bond donors (Lipinski definition) is 2. The van der Waals surface area contributed by atoms with Crippen LogP contribution < -0.4 is 9.47 Å². The smallest absolute Gasteiger partial charge is 0.295 e. The second-order valence-electron chi connectivity index (χ2n) is 10.1. The molecule has 0 unspecified atom stereocenters. The summed E-state index contributed by atoms with van der Waals surface area (Å²) in [5, 5.41) is 21.6. The zero-order chi connectivity index (χ0) is 27.4. The fourth-order valence-electron chi connectivity index (χ4n) is 4.80. The van der Waals surface area contributed by atoms with Gasteiger partial charge in [-0.3, -0.25) is 14.5 Å². The molecule has 2 fully saturated rings. The molecule has 9 heteroatoms. The van der Waals surface area contributed by atoms with Crippen LogP contribution in [-0.4, -0.2) is 84.8 Å². The number of aryl methyl sites for hydroxylation is 1. The number of phenolic OH excluding ortho intramolecular Hbond substituents is 1. The lowest BCUT2D eigenvalue weighted by atomic mass is 9.93. The molecule has 0 aliphatic carbocycles. The van der Waals surface area contributed by atoms with E-state index in [1.54, 1.807) is 24.3 Å². The van der Waals surface area contributed by atoms with Crippen molar-refractivity contribution in [1.29, 1.82) is 0 Å². The fourth-order valence-corrected chi connectivity index (χ4v) is 4.80.